The Morgan fingerprint density at radius 2 is 1.93 bits per heavy atom. The van der Waals surface area contributed by atoms with Crippen LogP contribution in [0.3, 0.4) is 0 Å². The van der Waals surface area contributed by atoms with Gasteiger partial charge >= 0.3 is 0 Å². The van der Waals surface area contributed by atoms with Crippen LogP contribution < -0.4 is 5.32 Å². The predicted octanol–water partition coefficient (Wildman–Crippen LogP) is 1.86. The molecule has 1 aliphatic rings. The van der Waals surface area contributed by atoms with Crippen LogP contribution in [-0.4, -0.2) is 17.3 Å². The summed E-state index contributed by atoms with van der Waals surface area (Å²) in [6.07, 6.45) is 1.54. The van der Waals surface area contributed by atoms with Crippen LogP contribution in [0.25, 0.3) is 0 Å². The van der Waals surface area contributed by atoms with Crippen LogP contribution in [0.2, 0.25) is 0 Å². The Morgan fingerprint density at radius 3 is 2.57 bits per heavy atom. The first-order chi connectivity index (χ1) is 6.75. The summed E-state index contributed by atoms with van der Waals surface area (Å²) < 4.78 is 0. The molecule has 2 N–H and O–H groups in total. The average Bonchev–Trinajstić information content (AvgIpc) is 2.18. The molecule has 1 heterocycles. The molecule has 1 fully saturated rings. The summed E-state index contributed by atoms with van der Waals surface area (Å²) in [5.41, 5.74) is 1.28. The highest BCUT2D eigenvalue weighted by Gasteiger charge is 2.24. The van der Waals surface area contributed by atoms with E-state index in [0.717, 1.165) is 12.8 Å². The molecule has 0 radical (unpaired) electrons. The van der Waals surface area contributed by atoms with Crippen molar-refractivity contribution in [2.45, 2.75) is 38.0 Å². The molecule has 2 rings (SSSR count). The summed E-state index contributed by atoms with van der Waals surface area (Å²) in [5, 5.41) is 13.2. The number of benzene rings is 1. The van der Waals surface area contributed by atoms with E-state index in [1.807, 2.05) is 18.2 Å². The average molecular weight is 191 g/mol. The van der Waals surface area contributed by atoms with Crippen LogP contribution in [0, 0.1) is 0 Å². The minimum absolute atomic E-state index is 0.156. The molecule has 0 saturated carbocycles. The van der Waals surface area contributed by atoms with Gasteiger partial charge in [0.05, 0.1) is 6.10 Å². The Hall–Kier alpha value is -0.860. The van der Waals surface area contributed by atoms with Gasteiger partial charge < -0.3 is 10.4 Å². The van der Waals surface area contributed by atoms with Crippen molar-refractivity contribution in [3.05, 3.63) is 35.9 Å². The van der Waals surface area contributed by atoms with E-state index in [0.29, 0.717) is 12.1 Å². The number of hydrogen-bond acceptors (Lipinski definition) is 2. The second kappa shape index (κ2) is 4.11. The van der Waals surface area contributed by atoms with Crippen molar-refractivity contribution < 1.29 is 5.11 Å². The minimum Gasteiger partial charge on any atom is -0.393 e. The molecular weight excluding hydrogens is 174 g/mol. The number of rotatable bonds is 1. The van der Waals surface area contributed by atoms with E-state index >= 15 is 0 Å². The molecule has 1 aromatic rings. The molecule has 14 heavy (non-hydrogen) atoms. The third-order valence-corrected chi connectivity index (χ3v) is 2.82. The molecule has 0 bridgehead atoms. The predicted molar refractivity (Wildman–Crippen MR) is 57.0 cm³/mol. The first-order valence-corrected chi connectivity index (χ1v) is 5.25. The lowest BCUT2D eigenvalue weighted by molar-refractivity contribution is 0.0975. The van der Waals surface area contributed by atoms with Gasteiger partial charge in [0.1, 0.15) is 0 Å². The molecule has 0 aromatic heterocycles. The van der Waals surface area contributed by atoms with Crippen LogP contribution >= 0.6 is 0 Å². The second-order valence-electron chi connectivity index (χ2n) is 4.16. The lowest BCUT2D eigenvalue weighted by atomic mass is 9.92. The fraction of sp³-hybridized carbons (Fsp3) is 0.500. The van der Waals surface area contributed by atoms with E-state index in [2.05, 4.69) is 24.4 Å². The molecule has 0 unspecified atom stereocenters. The molecule has 76 valence electrons. The standard InChI is InChI=1S/C12H17NO/c1-9-7-11(14)8-12(13-9)10-5-3-2-4-6-10/h2-6,9,11-14H,7-8H2,1H3/t9-,11+,12+/m0/s1. The lowest BCUT2D eigenvalue weighted by Gasteiger charge is -2.32. The van der Waals surface area contributed by atoms with Crippen LogP contribution in [0.5, 0.6) is 0 Å². The molecule has 0 spiro atoms. The zero-order valence-corrected chi connectivity index (χ0v) is 8.48. The lowest BCUT2D eigenvalue weighted by Crippen LogP contribution is -2.40. The van der Waals surface area contributed by atoms with Crippen molar-refractivity contribution >= 4 is 0 Å². The highest BCUT2D eigenvalue weighted by molar-refractivity contribution is 5.19. The van der Waals surface area contributed by atoms with Gasteiger partial charge in [0.2, 0.25) is 0 Å². The van der Waals surface area contributed by atoms with Gasteiger partial charge in [0.25, 0.3) is 0 Å². The van der Waals surface area contributed by atoms with Gasteiger partial charge in [-0.2, -0.15) is 0 Å². The molecule has 0 amide bonds. The van der Waals surface area contributed by atoms with Gasteiger partial charge in [-0.3, -0.25) is 0 Å². The van der Waals surface area contributed by atoms with Crippen LogP contribution in [0.1, 0.15) is 31.4 Å². The van der Waals surface area contributed by atoms with E-state index in [9.17, 15) is 5.11 Å². The Morgan fingerprint density at radius 1 is 1.21 bits per heavy atom. The van der Waals surface area contributed by atoms with Crippen molar-refractivity contribution in [1.82, 2.24) is 5.32 Å². The van der Waals surface area contributed by atoms with E-state index in [1.54, 1.807) is 0 Å². The van der Waals surface area contributed by atoms with Crippen molar-refractivity contribution in [3.8, 4) is 0 Å². The third kappa shape index (κ3) is 2.14. The van der Waals surface area contributed by atoms with Crippen molar-refractivity contribution in [3.63, 3.8) is 0 Å². The maximum absolute atomic E-state index is 9.67. The Balaban J connectivity index is 2.11. The van der Waals surface area contributed by atoms with E-state index in [1.165, 1.54) is 5.56 Å². The normalized spacial score (nSPS) is 32.9. The summed E-state index contributed by atoms with van der Waals surface area (Å²) >= 11 is 0. The van der Waals surface area contributed by atoms with Gasteiger partial charge in [0, 0.05) is 12.1 Å². The van der Waals surface area contributed by atoms with Gasteiger partial charge in [-0.1, -0.05) is 30.3 Å². The number of nitrogens with one attached hydrogen (secondary N) is 1. The number of piperidine rings is 1. The first-order valence-electron chi connectivity index (χ1n) is 5.25. The maximum Gasteiger partial charge on any atom is 0.0573 e. The van der Waals surface area contributed by atoms with Crippen LogP contribution in [0.4, 0.5) is 0 Å². The molecule has 1 aromatic carbocycles. The molecular formula is C12H17NO. The minimum atomic E-state index is -0.156. The van der Waals surface area contributed by atoms with Gasteiger partial charge in [0.15, 0.2) is 0 Å². The van der Waals surface area contributed by atoms with E-state index in [4.69, 9.17) is 0 Å². The third-order valence-electron chi connectivity index (χ3n) is 2.82. The monoisotopic (exact) mass is 191 g/mol. The van der Waals surface area contributed by atoms with Crippen LogP contribution in [-0.2, 0) is 0 Å². The maximum atomic E-state index is 9.67. The zero-order valence-electron chi connectivity index (χ0n) is 8.48. The van der Waals surface area contributed by atoms with Crippen molar-refractivity contribution in [1.29, 1.82) is 0 Å². The zero-order chi connectivity index (χ0) is 9.97. The van der Waals surface area contributed by atoms with Gasteiger partial charge in [-0.05, 0) is 25.3 Å². The summed E-state index contributed by atoms with van der Waals surface area (Å²) in [6, 6.07) is 11.1. The number of hydrogen-bond donors (Lipinski definition) is 2. The molecule has 3 atom stereocenters. The summed E-state index contributed by atoms with van der Waals surface area (Å²) in [7, 11) is 0. The first kappa shape index (κ1) is 9.69. The smallest absolute Gasteiger partial charge is 0.0573 e. The molecule has 1 aliphatic heterocycles. The highest BCUT2D eigenvalue weighted by atomic mass is 16.3. The highest BCUT2D eigenvalue weighted by Crippen LogP contribution is 2.25. The summed E-state index contributed by atoms with van der Waals surface area (Å²) in [6.45, 7) is 2.12. The fourth-order valence-electron chi connectivity index (χ4n) is 2.17. The summed E-state index contributed by atoms with van der Waals surface area (Å²) in [5.74, 6) is 0. The Bertz CT molecular complexity index is 276. The Labute approximate surface area is 85.0 Å². The van der Waals surface area contributed by atoms with E-state index in [-0.39, 0.29) is 6.10 Å². The molecule has 1 saturated heterocycles. The SMILES string of the molecule is C[C@H]1C[C@@H](O)C[C@H](c2ccccc2)N1. The van der Waals surface area contributed by atoms with Crippen molar-refractivity contribution in [2.75, 3.05) is 0 Å². The fourth-order valence-corrected chi connectivity index (χ4v) is 2.17. The number of aliphatic hydroxyl groups is 1. The Kier molecular flexibility index (Phi) is 2.85. The number of aliphatic hydroxyl groups excluding tert-OH is 1. The largest absolute Gasteiger partial charge is 0.393 e. The van der Waals surface area contributed by atoms with E-state index < -0.39 is 0 Å². The van der Waals surface area contributed by atoms with Crippen LogP contribution in [0.15, 0.2) is 30.3 Å². The topological polar surface area (TPSA) is 32.3 Å². The molecule has 0 aliphatic carbocycles. The quantitative estimate of drug-likeness (QED) is 0.710. The molecule has 2 heteroatoms. The van der Waals surface area contributed by atoms with Crippen molar-refractivity contribution in [2.24, 2.45) is 0 Å². The van der Waals surface area contributed by atoms with Gasteiger partial charge in [-0.15, -0.1) is 0 Å². The molecule has 2 nitrogen and oxygen atoms in total. The van der Waals surface area contributed by atoms with Gasteiger partial charge in [-0.25, -0.2) is 0 Å². The second-order valence-corrected chi connectivity index (χ2v) is 4.16. The summed E-state index contributed by atoms with van der Waals surface area (Å²) in [4.78, 5) is 0.